The molecule has 0 aliphatic carbocycles. The fraction of sp³-hybridized carbons (Fsp3) is 0.438. The average molecular weight is 285 g/mol. The van der Waals surface area contributed by atoms with E-state index in [2.05, 4.69) is 34.1 Å². The summed E-state index contributed by atoms with van der Waals surface area (Å²) in [6, 6.07) is 4.00. The second-order valence-corrected chi connectivity index (χ2v) is 5.63. The lowest BCUT2D eigenvalue weighted by atomic mass is 10.2. The van der Waals surface area contributed by atoms with Crippen molar-refractivity contribution in [3.8, 4) is 0 Å². The molecule has 0 saturated carbocycles. The number of hydrogen-bond donors (Lipinski definition) is 1. The largest absolute Gasteiger partial charge is 0.340 e. The normalized spacial score (nSPS) is 10.9. The third-order valence-electron chi connectivity index (χ3n) is 3.08. The summed E-state index contributed by atoms with van der Waals surface area (Å²) in [5.74, 6) is 1.39. The number of nitrogens with one attached hydrogen (secondary N) is 1. The Morgan fingerprint density at radius 3 is 2.38 bits per heavy atom. The summed E-state index contributed by atoms with van der Waals surface area (Å²) in [7, 11) is 1.99. The van der Waals surface area contributed by atoms with Crippen LogP contribution in [0.15, 0.2) is 36.9 Å². The van der Waals surface area contributed by atoms with Gasteiger partial charge < -0.3 is 10.2 Å². The van der Waals surface area contributed by atoms with Gasteiger partial charge in [0, 0.05) is 50.5 Å². The number of anilines is 1. The maximum absolute atomic E-state index is 4.43. The minimum atomic E-state index is 0.650. The maximum Gasteiger partial charge on any atom is 0.225 e. The molecule has 0 spiro atoms. The number of nitrogens with zero attached hydrogens (tertiary/aromatic N) is 4. The molecular formula is C16H23N5. The predicted molar refractivity (Wildman–Crippen MR) is 84.9 cm³/mol. The Morgan fingerprint density at radius 2 is 1.76 bits per heavy atom. The van der Waals surface area contributed by atoms with Crippen LogP contribution in [0.2, 0.25) is 0 Å². The van der Waals surface area contributed by atoms with Crippen molar-refractivity contribution in [1.29, 1.82) is 0 Å². The highest BCUT2D eigenvalue weighted by molar-refractivity contribution is 5.30. The molecule has 0 atom stereocenters. The van der Waals surface area contributed by atoms with E-state index in [1.165, 1.54) is 5.56 Å². The van der Waals surface area contributed by atoms with Crippen molar-refractivity contribution in [2.45, 2.75) is 26.9 Å². The molecule has 0 radical (unpaired) electrons. The van der Waals surface area contributed by atoms with Crippen LogP contribution in [0.1, 0.15) is 25.0 Å². The molecular weight excluding hydrogens is 262 g/mol. The lowest BCUT2D eigenvalue weighted by molar-refractivity contribution is 0.551. The van der Waals surface area contributed by atoms with Crippen LogP contribution in [0.4, 0.5) is 5.95 Å². The molecule has 5 heteroatoms. The van der Waals surface area contributed by atoms with E-state index < -0.39 is 0 Å². The quantitative estimate of drug-likeness (QED) is 0.845. The zero-order valence-corrected chi connectivity index (χ0v) is 13.0. The van der Waals surface area contributed by atoms with Gasteiger partial charge in [0.15, 0.2) is 0 Å². The third-order valence-corrected chi connectivity index (χ3v) is 3.08. The maximum atomic E-state index is 4.43. The SMILES string of the molecule is CC(C)CNCc1cnc(N(C)Cc2ccncc2)nc1. The first-order chi connectivity index (χ1) is 10.1. The Kier molecular flexibility index (Phi) is 5.63. The van der Waals surface area contributed by atoms with E-state index in [1.807, 2.05) is 36.5 Å². The summed E-state index contributed by atoms with van der Waals surface area (Å²) in [6.45, 7) is 6.98. The Labute approximate surface area is 126 Å². The van der Waals surface area contributed by atoms with E-state index in [0.29, 0.717) is 5.92 Å². The average Bonchev–Trinajstić information content (AvgIpc) is 2.48. The van der Waals surface area contributed by atoms with Crippen molar-refractivity contribution in [2.24, 2.45) is 5.92 Å². The van der Waals surface area contributed by atoms with E-state index in [0.717, 1.165) is 31.1 Å². The molecule has 0 fully saturated rings. The molecule has 0 aromatic carbocycles. The van der Waals surface area contributed by atoms with Gasteiger partial charge in [0.05, 0.1) is 0 Å². The van der Waals surface area contributed by atoms with Crippen molar-refractivity contribution >= 4 is 5.95 Å². The number of aromatic nitrogens is 3. The van der Waals surface area contributed by atoms with Crippen LogP contribution in [0, 0.1) is 5.92 Å². The molecule has 0 unspecified atom stereocenters. The summed E-state index contributed by atoms with van der Waals surface area (Å²) in [6.07, 6.45) is 7.37. The van der Waals surface area contributed by atoms with Gasteiger partial charge in [-0.25, -0.2) is 9.97 Å². The molecule has 0 saturated heterocycles. The predicted octanol–water partition coefficient (Wildman–Crippen LogP) is 2.25. The van der Waals surface area contributed by atoms with Crippen LogP contribution >= 0.6 is 0 Å². The van der Waals surface area contributed by atoms with Crippen molar-refractivity contribution < 1.29 is 0 Å². The summed E-state index contributed by atoms with van der Waals surface area (Å²) in [4.78, 5) is 14.9. The summed E-state index contributed by atoms with van der Waals surface area (Å²) >= 11 is 0. The highest BCUT2D eigenvalue weighted by Gasteiger charge is 2.05. The Bertz CT molecular complexity index is 524. The van der Waals surface area contributed by atoms with Gasteiger partial charge in [-0.2, -0.15) is 0 Å². The first kappa shape index (κ1) is 15.4. The van der Waals surface area contributed by atoms with Gasteiger partial charge in [-0.05, 0) is 30.2 Å². The van der Waals surface area contributed by atoms with Gasteiger partial charge in [0.25, 0.3) is 0 Å². The van der Waals surface area contributed by atoms with Gasteiger partial charge in [-0.15, -0.1) is 0 Å². The van der Waals surface area contributed by atoms with Crippen molar-refractivity contribution in [2.75, 3.05) is 18.5 Å². The molecule has 1 N–H and O–H groups in total. The van der Waals surface area contributed by atoms with Crippen molar-refractivity contribution in [1.82, 2.24) is 20.3 Å². The van der Waals surface area contributed by atoms with Crippen LogP contribution in [0.3, 0.4) is 0 Å². The van der Waals surface area contributed by atoms with Gasteiger partial charge in [-0.1, -0.05) is 13.8 Å². The lowest BCUT2D eigenvalue weighted by Gasteiger charge is -2.17. The zero-order valence-electron chi connectivity index (χ0n) is 13.0. The molecule has 2 aromatic heterocycles. The first-order valence-corrected chi connectivity index (χ1v) is 7.27. The summed E-state index contributed by atoms with van der Waals surface area (Å²) in [5, 5.41) is 3.39. The van der Waals surface area contributed by atoms with E-state index in [-0.39, 0.29) is 0 Å². The number of rotatable bonds is 7. The topological polar surface area (TPSA) is 53.9 Å². The molecule has 0 amide bonds. The molecule has 0 aliphatic rings. The summed E-state index contributed by atoms with van der Waals surface area (Å²) < 4.78 is 0. The second-order valence-electron chi connectivity index (χ2n) is 5.63. The molecule has 2 rings (SSSR count). The third kappa shape index (κ3) is 5.11. The minimum Gasteiger partial charge on any atom is -0.340 e. The Morgan fingerprint density at radius 1 is 1.10 bits per heavy atom. The Hall–Kier alpha value is -2.01. The van der Waals surface area contributed by atoms with Crippen molar-refractivity contribution in [3.63, 3.8) is 0 Å². The fourth-order valence-corrected chi connectivity index (χ4v) is 1.97. The van der Waals surface area contributed by atoms with Gasteiger partial charge in [0.2, 0.25) is 5.95 Å². The molecule has 21 heavy (non-hydrogen) atoms. The van der Waals surface area contributed by atoms with Crippen molar-refractivity contribution in [3.05, 3.63) is 48.0 Å². The Balaban J connectivity index is 1.89. The molecule has 5 nitrogen and oxygen atoms in total. The van der Waals surface area contributed by atoms with Crippen LogP contribution in [-0.4, -0.2) is 28.5 Å². The molecule has 112 valence electrons. The van der Waals surface area contributed by atoms with Crippen LogP contribution < -0.4 is 10.2 Å². The van der Waals surface area contributed by atoms with Crippen LogP contribution in [-0.2, 0) is 13.1 Å². The van der Waals surface area contributed by atoms with Gasteiger partial charge >= 0.3 is 0 Å². The van der Waals surface area contributed by atoms with Gasteiger partial charge in [-0.3, -0.25) is 4.98 Å². The molecule has 2 heterocycles. The fourth-order valence-electron chi connectivity index (χ4n) is 1.97. The van der Waals surface area contributed by atoms with E-state index in [4.69, 9.17) is 0 Å². The van der Waals surface area contributed by atoms with Crippen LogP contribution in [0.25, 0.3) is 0 Å². The van der Waals surface area contributed by atoms with Gasteiger partial charge in [0.1, 0.15) is 0 Å². The monoisotopic (exact) mass is 285 g/mol. The molecule has 0 aliphatic heterocycles. The minimum absolute atomic E-state index is 0.650. The van der Waals surface area contributed by atoms with E-state index in [9.17, 15) is 0 Å². The number of pyridine rings is 1. The van der Waals surface area contributed by atoms with E-state index in [1.54, 1.807) is 12.4 Å². The summed E-state index contributed by atoms with van der Waals surface area (Å²) in [5.41, 5.74) is 2.30. The lowest BCUT2D eigenvalue weighted by Crippen LogP contribution is -2.21. The number of hydrogen-bond acceptors (Lipinski definition) is 5. The van der Waals surface area contributed by atoms with E-state index >= 15 is 0 Å². The van der Waals surface area contributed by atoms with Crippen LogP contribution in [0.5, 0.6) is 0 Å². The highest BCUT2D eigenvalue weighted by Crippen LogP contribution is 2.09. The smallest absolute Gasteiger partial charge is 0.225 e. The molecule has 0 bridgehead atoms. The standard InChI is InChI=1S/C16H23N5/c1-13(2)8-18-9-15-10-19-16(20-11-15)21(3)12-14-4-6-17-7-5-14/h4-7,10-11,13,18H,8-9,12H2,1-3H3. The first-order valence-electron chi connectivity index (χ1n) is 7.27. The molecule has 2 aromatic rings. The highest BCUT2D eigenvalue weighted by atomic mass is 15.2. The second kappa shape index (κ2) is 7.69. The zero-order chi connectivity index (χ0) is 15.1.